The van der Waals surface area contributed by atoms with E-state index >= 15 is 0 Å². The summed E-state index contributed by atoms with van der Waals surface area (Å²) in [7, 11) is 0. The van der Waals surface area contributed by atoms with Gasteiger partial charge in [0.05, 0.1) is 22.8 Å². The molecule has 3 aromatic rings. The van der Waals surface area contributed by atoms with Crippen molar-refractivity contribution in [1.29, 1.82) is 0 Å². The predicted octanol–water partition coefficient (Wildman–Crippen LogP) is 1.92. The van der Waals surface area contributed by atoms with E-state index in [1.165, 1.54) is 35.1 Å². The van der Waals surface area contributed by atoms with Crippen LogP contribution >= 0.6 is 0 Å². The van der Waals surface area contributed by atoms with Crippen LogP contribution in [0.25, 0.3) is 16.6 Å². The van der Waals surface area contributed by atoms with Crippen molar-refractivity contribution in [3.8, 4) is 5.69 Å². The summed E-state index contributed by atoms with van der Waals surface area (Å²) in [5, 5.41) is 4.51. The van der Waals surface area contributed by atoms with Crippen LogP contribution in [0.4, 0.5) is 4.39 Å². The van der Waals surface area contributed by atoms with Gasteiger partial charge in [-0.2, -0.15) is 9.78 Å². The van der Waals surface area contributed by atoms with Gasteiger partial charge in [0.25, 0.3) is 5.56 Å². The molecule has 0 aliphatic rings. The molecule has 4 nitrogen and oxygen atoms in total. The van der Waals surface area contributed by atoms with Crippen LogP contribution < -0.4 is 5.56 Å². The van der Waals surface area contributed by atoms with E-state index in [1.54, 1.807) is 18.3 Å². The van der Waals surface area contributed by atoms with Gasteiger partial charge in [0.2, 0.25) is 0 Å². The normalized spacial score (nSPS) is 10.7. The Morgan fingerprint density at radius 1 is 1.11 bits per heavy atom. The van der Waals surface area contributed by atoms with E-state index in [9.17, 15) is 9.18 Å². The Balaban J connectivity index is 2.27. The molecule has 1 aromatic carbocycles. The largest absolute Gasteiger partial charge is 0.280 e. The van der Waals surface area contributed by atoms with E-state index in [0.717, 1.165) is 0 Å². The highest BCUT2D eigenvalue weighted by Gasteiger charge is 2.06. The molecule has 0 unspecified atom stereocenters. The van der Waals surface area contributed by atoms with Crippen LogP contribution in [0.1, 0.15) is 0 Å². The van der Waals surface area contributed by atoms with Gasteiger partial charge < -0.3 is 0 Å². The molecule has 0 atom stereocenters. The van der Waals surface area contributed by atoms with Gasteiger partial charge in [0, 0.05) is 6.20 Å². The quantitative estimate of drug-likeness (QED) is 0.654. The number of halogens is 1. The summed E-state index contributed by atoms with van der Waals surface area (Å²) in [6.07, 6.45) is 3.12. The van der Waals surface area contributed by atoms with Crippen molar-refractivity contribution in [2.24, 2.45) is 0 Å². The molecular formula is C13H8FN3O. The van der Waals surface area contributed by atoms with E-state index in [-0.39, 0.29) is 11.4 Å². The minimum Gasteiger partial charge on any atom is -0.267 e. The number of fused-ring (bicyclic) bond motifs is 1. The number of hydrogen-bond donors (Lipinski definition) is 0. The Kier molecular flexibility index (Phi) is 2.37. The number of pyridine rings is 1. The average Bonchev–Trinajstić information content (AvgIpc) is 2.41. The molecule has 2 aromatic heterocycles. The molecule has 0 aliphatic heterocycles. The summed E-state index contributed by atoms with van der Waals surface area (Å²) < 4.78 is 14.1. The van der Waals surface area contributed by atoms with Crippen molar-refractivity contribution in [3.63, 3.8) is 0 Å². The Morgan fingerprint density at radius 2 is 1.89 bits per heavy atom. The van der Waals surface area contributed by atoms with Crippen LogP contribution in [0.5, 0.6) is 0 Å². The maximum atomic E-state index is 12.8. The third-order valence-corrected chi connectivity index (χ3v) is 2.63. The molecule has 0 saturated heterocycles. The summed E-state index contributed by atoms with van der Waals surface area (Å²) in [5.41, 5.74) is 0.792. The summed E-state index contributed by atoms with van der Waals surface area (Å²) in [4.78, 5) is 16.2. The number of hydrogen-bond acceptors (Lipinski definition) is 3. The first-order valence-corrected chi connectivity index (χ1v) is 5.35. The maximum absolute atomic E-state index is 12.8. The molecule has 0 radical (unpaired) electrons. The Bertz CT molecular complexity index is 765. The van der Waals surface area contributed by atoms with E-state index in [4.69, 9.17) is 0 Å². The fourth-order valence-electron chi connectivity index (χ4n) is 1.75. The van der Waals surface area contributed by atoms with Crippen LogP contribution in [0.2, 0.25) is 0 Å². The minimum absolute atomic E-state index is 0.271. The van der Waals surface area contributed by atoms with Gasteiger partial charge in [-0.15, -0.1) is 0 Å². The maximum Gasteiger partial charge on any atom is 0.280 e. The first kappa shape index (κ1) is 10.6. The van der Waals surface area contributed by atoms with Crippen molar-refractivity contribution < 1.29 is 4.39 Å². The molecule has 0 fully saturated rings. The van der Waals surface area contributed by atoms with Gasteiger partial charge in [0.15, 0.2) is 0 Å². The van der Waals surface area contributed by atoms with E-state index in [2.05, 4.69) is 10.1 Å². The molecule has 0 N–H and O–H groups in total. The van der Waals surface area contributed by atoms with Crippen molar-refractivity contribution in [2.45, 2.75) is 0 Å². The molecule has 18 heavy (non-hydrogen) atoms. The Hall–Kier alpha value is -2.56. The van der Waals surface area contributed by atoms with E-state index < -0.39 is 0 Å². The second-order valence-electron chi connectivity index (χ2n) is 3.77. The van der Waals surface area contributed by atoms with Crippen LogP contribution in [0.15, 0.2) is 53.6 Å². The topological polar surface area (TPSA) is 47.8 Å². The predicted molar refractivity (Wildman–Crippen MR) is 65.1 cm³/mol. The lowest BCUT2D eigenvalue weighted by atomic mass is 10.3. The van der Waals surface area contributed by atoms with Gasteiger partial charge >= 0.3 is 0 Å². The molecule has 88 valence electrons. The second-order valence-corrected chi connectivity index (χ2v) is 3.77. The molecule has 0 bridgehead atoms. The summed E-state index contributed by atoms with van der Waals surface area (Å²) >= 11 is 0. The molecule has 0 aliphatic carbocycles. The van der Waals surface area contributed by atoms with Crippen molar-refractivity contribution in [3.05, 3.63) is 65.0 Å². The van der Waals surface area contributed by atoms with E-state index in [1.807, 2.05) is 0 Å². The fraction of sp³-hybridized carbons (Fsp3) is 0. The zero-order chi connectivity index (χ0) is 12.5. The van der Waals surface area contributed by atoms with Gasteiger partial charge in [-0.05, 0) is 36.4 Å². The monoisotopic (exact) mass is 241 g/mol. The molecule has 0 saturated carbocycles. The minimum atomic E-state index is -0.353. The van der Waals surface area contributed by atoms with Gasteiger partial charge in [-0.25, -0.2) is 4.39 Å². The van der Waals surface area contributed by atoms with Gasteiger partial charge in [-0.1, -0.05) is 0 Å². The van der Waals surface area contributed by atoms with Gasteiger partial charge in [0.1, 0.15) is 5.82 Å². The molecule has 3 rings (SSSR count). The lowest BCUT2D eigenvalue weighted by Gasteiger charge is -2.04. The average molecular weight is 241 g/mol. The van der Waals surface area contributed by atoms with Crippen LogP contribution in [0.3, 0.4) is 0 Å². The van der Waals surface area contributed by atoms with Crippen LogP contribution in [0, 0.1) is 5.82 Å². The number of rotatable bonds is 1. The molecule has 0 spiro atoms. The molecule has 5 heteroatoms. The van der Waals surface area contributed by atoms with Crippen molar-refractivity contribution in [2.75, 3.05) is 0 Å². The first-order chi connectivity index (χ1) is 8.75. The summed E-state index contributed by atoms with van der Waals surface area (Å²) in [5.74, 6) is -0.353. The van der Waals surface area contributed by atoms with Gasteiger partial charge in [-0.3, -0.25) is 9.78 Å². The molecular weight excluding hydrogens is 233 g/mol. The number of nitrogens with zero attached hydrogens (tertiary/aromatic N) is 3. The van der Waals surface area contributed by atoms with E-state index in [0.29, 0.717) is 16.6 Å². The van der Waals surface area contributed by atoms with Crippen molar-refractivity contribution >= 4 is 10.9 Å². The number of aromatic nitrogens is 3. The SMILES string of the molecule is O=c1c2cccnc2cnn1-c1ccc(F)cc1. The number of benzene rings is 1. The zero-order valence-corrected chi connectivity index (χ0v) is 9.25. The molecule has 0 amide bonds. The first-order valence-electron chi connectivity index (χ1n) is 5.35. The zero-order valence-electron chi connectivity index (χ0n) is 9.25. The Morgan fingerprint density at radius 3 is 2.67 bits per heavy atom. The second kappa shape index (κ2) is 4.03. The smallest absolute Gasteiger partial charge is 0.267 e. The Labute approximate surface area is 101 Å². The standard InChI is InChI=1S/C13H8FN3O/c14-9-3-5-10(6-4-9)17-13(18)11-2-1-7-15-12(11)8-16-17/h1-8H. The molecule has 2 heterocycles. The fourth-order valence-corrected chi connectivity index (χ4v) is 1.75. The van der Waals surface area contributed by atoms with Crippen LogP contribution in [-0.4, -0.2) is 14.8 Å². The third kappa shape index (κ3) is 1.66. The van der Waals surface area contributed by atoms with Crippen molar-refractivity contribution in [1.82, 2.24) is 14.8 Å². The summed E-state index contributed by atoms with van der Waals surface area (Å²) in [6.45, 7) is 0. The highest BCUT2D eigenvalue weighted by Crippen LogP contribution is 2.08. The summed E-state index contributed by atoms with van der Waals surface area (Å²) in [6, 6.07) is 8.97. The lowest BCUT2D eigenvalue weighted by Crippen LogP contribution is -2.21. The lowest BCUT2D eigenvalue weighted by molar-refractivity contribution is 0.626. The highest BCUT2D eigenvalue weighted by molar-refractivity contribution is 5.76. The highest BCUT2D eigenvalue weighted by atomic mass is 19.1. The third-order valence-electron chi connectivity index (χ3n) is 2.63. The van der Waals surface area contributed by atoms with Crippen LogP contribution in [-0.2, 0) is 0 Å².